The monoisotopic (exact) mass is 1470 g/mol. The predicted octanol–water partition coefficient (Wildman–Crippen LogP) is 22.8. The van der Waals surface area contributed by atoms with Crippen molar-refractivity contribution in [1.29, 1.82) is 0 Å². The molecule has 0 aromatic heterocycles. The first-order valence-corrected chi connectivity index (χ1v) is 45.4. The first-order chi connectivity index (χ1) is 41.4. The molecule has 0 saturated carbocycles. The summed E-state index contributed by atoms with van der Waals surface area (Å²) in [6.07, 6.45) is 23.9. The quantitative estimate of drug-likeness (QED) is 0.0223. The molecule has 6 nitrogen and oxygen atoms in total. The van der Waals surface area contributed by atoms with Crippen molar-refractivity contribution < 1.29 is 41.7 Å². The van der Waals surface area contributed by atoms with Crippen molar-refractivity contribution in [2.24, 2.45) is 9.98 Å². The van der Waals surface area contributed by atoms with E-state index in [0.717, 1.165) is 87.2 Å². The third-order valence-electron chi connectivity index (χ3n) is 12.4. The van der Waals surface area contributed by atoms with Crippen molar-refractivity contribution in [2.45, 2.75) is 112 Å². The molecule has 2 atom stereocenters. The molecular weight excluding hydrogens is 1390 g/mol. The molecule has 0 heterocycles. The van der Waals surface area contributed by atoms with Gasteiger partial charge in [-0.15, -0.1) is 85.1 Å². The van der Waals surface area contributed by atoms with Crippen molar-refractivity contribution in [3.63, 3.8) is 0 Å². The Morgan fingerprint density at radius 2 is 0.770 bits per heavy atom. The van der Waals surface area contributed by atoms with Gasteiger partial charge in [-0.05, 0) is 150 Å². The molecule has 468 valence electrons. The Morgan fingerprint density at radius 3 is 1.00 bits per heavy atom. The molecule has 87 heavy (non-hydrogen) atoms. The van der Waals surface area contributed by atoms with Gasteiger partial charge < -0.3 is 21.3 Å². The number of aryl methyl sites for hydroxylation is 8. The number of para-hydroxylation sites is 2. The van der Waals surface area contributed by atoms with E-state index in [1.165, 1.54) is 65.7 Å². The van der Waals surface area contributed by atoms with Crippen LogP contribution >= 0.6 is 81.1 Å². The Hall–Kier alpha value is -3.07. The average Bonchev–Trinajstić information content (AvgIpc) is 3.55. The number of hydrogen-bond acceptors (Lipinski definition) is 6. The fourth-order valence-corrected chi connectivity index (χ4v) is 9.75. The maximum atomic E-state index is 4.93. The second kappa shape index (κ2) is 56.9. The Bertz CT molecular complexity index is 2690. The first-order valence-electron chi connectivity index (χ1n) is 27.7. The van der Waals surface area contributed by atoms with E-state index >= 15 is 0 Å². The number of rotatable bonds is 22. The number of unbranched alkanes of at least 4 members (excludes halogenated alkanes) is 2. The van der Waals surface area contributed by atoms with E-state index in [9.17, 15) is 0 Å². The van der Waals surface area contributed by atoms with E-state index in [2.05, 4.69) is 191 Å². The minimum absolute atomic E-state index is 0. The van der Waals surface area contributed by atoms with Crippen LogP contribution in [-0.4, -0.2) is 72.3 Å². The summed E-state index contributed by atoms with van der Waals surface area (Å²) < 4.78 is 0. The minimum atomic E-state index is -0.826. The number of terminal acetylenes is 2. The van der Waals surface area contributed by atoms with Gasteiger partial charge in [0.05, 0.1) is 10.1 Å². The van der Waals surface area contributed by atoms with Crippen LogP contribution in [0.2, 0.25) is 0 Å². The number of benzene rings is 6. The third-order valence-corrected chi connectivity index (χ3v) is 15.2. The molecule has 6 aromatic carbocycles. The van der Waals surface area contributed by atoms with E-state index in [4.69, 9.17) is 78.2 Å². The summed E-state index contributed by atoms with van der Waals surface area (Å²) in [6, 6.07) is 45.4. The van der Waals surface area contributed by atoms with E-state index in [1.54, 1.807) is 47.0 Å². The predicted molar refractivity (Wildman–Crippen MR) is 396 cm³/mol. The molecule has 6 rings (SSSR count). The van der Waals surface area contributed by atoms with Crippen LogP contribution in [0.5, 0.6) is 0 Å². The van der Waals surface area contributed by atoms with Crippen molar-refractivity contribution in [3.8, 4) is 36.5 Å². The van der Waals surface area contributed by atoms with Crippen LogP contribution in [0.3, 0.4) is 0 Å². The van der Waals surface area contributed by atoms with Gasteiger partial charge in [-0.3, -0.25) is 9.98 Å². The maximum absolute atomic E-state index is 4.93. The van der Waals surface area contributed by atoms with Crippen LogP contribution in [0.25, 0.3) is 21.3 Å². The van der Waals surface area contributed by atoms with Gasteiger partial charge in [0.1, 0.15) is 0 Å². The van der Waals surface area contributed by atoms with E-state index < -0.39 is 41.7 Å². The Morgan fingerprint density at radius 1 is 0.494 bits per heavy atom. The molecular formula is C71H90Cl4N6S4Zr2-4. The van der Waals surface area contributed by atoms with Crippen LogP contribution < -0.4 is 0 Å². The number of nitrogens with zero attached hydrogens (tertiary/aromatic N) is 6. The van der Waals surface area contributed by atoms with Crippen LogP contribution in [0, 0.1) is 106 Å². The van der Waals surface area contributed by atoms with Crippen molar-refractivity contribution >= 4 is 103 Å². The van der Waals surface area contributed by atoms with Crippen LogP contribution in [-0.2, 0) is 54.5 Å². The molecule has 0 amide bonds. The van der Waals surface area contributed by atoms with E-state index in [0.29, 0.717) is 0 Å². The molecule has 0 aliphatic heterocycles. The zero-order valence-electron chi connectivity index (χ0n) is 52.3. The van der Waals surface area contributed by atoms with Gasteiger partial charge in [-0.1, -0.05) is 127 Å². The summed E-state index contributed by atoms with van der Waals surface area (Å²) in [7, 11) is 19.7. The van der Waals surface area contributed by atoms with Crippen LogP contribution in [0.15, 0.2) is 143 Å². The fourth-order valence-electron chi connectivity index (χ4n) is 7.81. The molecule has 16 heteroatoms. The SMILES string of the molecule is C.C#CC#CC#C.CSC(Cc1c(C)cccc1C)=NCCCCN=C(Cc1c(C)cccc1C)SC.CSC([N-]CCCC[N-]C([N-]c1c(C)cccc1C)SC)[N-]c1c(C)cccc1C.[CH2-]c1ccccc1.[CH2-]c1ccccc1.[Cl][Zr+2][Cl].[Cl][Zr][Cl]. The Balaban J connectivity index is 0. The average molecular weight is 1480 g/mol. The van der Waals surface area contributed by atoms with Gasteiger partial charge in [0.2, 0.25) is 0 Å². The van der Waals surface area contributed by atoms with Crippen LogP contribution in [0.4, 0.5) is 11.4 Å². The summed E-state index contributed by atoms with van der Waals surface area (Å²) in [4.78, 5) is 9.75. The Kier molecular flexibility index (Phi) is 56.2. The van der Waals surface area contributed by atoms with Gasteiger partial charge in [0, 0.05) is 25.9 Å². The number of hydrogen-bond donors (Lipinski definition) is 0. The molecule has 0 radical (unpaired) electrons. The molecule has 0 aliphatic carbocycles. The topological polar surface area (TPSA) is 81.1 Å². The summed E-state index contributed by atoms with van der Waals surface area (Å²) in [5, 5.41) is 21.7. The zero-order chi connectivity index (χ0) is 64.3. The fraction of sp³-hybridized carbons (Fsp3) is 0.352. The second-order valence-corrected chi connectivity index (χ2v) is 29.8. The Labute approximate surface area is 583 Å². The summed E-state index contributed by atoms with van der Waals surface area (Å²) in [5.41, 5.74) is 17.3. The number of aliphatic imine (C=N–C) groups is 2. The molecule has 6 aromatic rings. The normalized spacial score (nSPS) is 10.7. The molecule has 2 unspecified atom stereocenters. The number of thioether (sulfide) groups is 4. The van der Waals surface area contributed by atoms with E-state index in [1.807, 2.05) is 60.7 Å². The van der Waals surface area contributed by atoms with Gasteiger partial charge in [-0.2, -0.15) is 60.2 Å². The first kappa shape index (κ1) is 86.0. The van der Waals surface area contributed by atoms with Crippen molar-refractivity contribution in [2.75, 3.05) is 51.2 Å². The van der Waals surface area contributed by atoms with Gasteiger partial charge in [0.25, 0.3) is 0 Å². The molecule has 0 N–H and O–H groups in total. The molecule has 0 fully saturated rings. The van der Waals surface area contributed by atoms with Crippen molar-refractivity contribution in [1.82, 2.24) is 0 Å². The third kappa shape index (κ3) is 41.8. The molecule has 0 spiro atoms. The second-order valence-electron chi connectivity index (χ2n) is 18.8. The summed E-state index contributed by atoms with van der Waals surface area (Å²) >= 11 is 5.27. The van der Waals surface area contributed by atoms with Gasteiger partial charge in [0.15, 0.2) is 0 Å². The zero-order valence-corrected chi connectivity index (χ0v) is 63.5. The van der Waals surface area contributed by atoms with Gasteiger partial charge in [-0.25, -0.2) is 23.5 Å². The molecule has 0 bridgehead atoms. The molecule has 0 saturated heterocycles. The van der Waals surface area contributed by atoms with E-state index in [-0.39, 0.29) is 18.4 Å². The van der Waals surface area contributed by atoms with Gasteiger partial charge >= 0.3 is 75.7 Å². The molecule has 0 aliphatic rings. The summed E-state index contributed by atoms with van der Waals surface area (Å²) in [5.74, 6) is 8.61. The van der Waals surface area contributed by atoms with Crippen molar-refractivity contribution in [3.05, 3.63) is 235 Å². The number of halogens is 4. The standard InChI is InChI=1S/C26H36N2S2.C24H34N4S2.2C7H7.C6H2.CH4.4ClH.2Zr/c1-19-11-9-12-20(2)23(19)17-25(29-5)27-15-7-8-16-28-26(30-6)18-24-21(3)13-10-14-22(24)4;1-17-11-9-12-18(2)21(17)27-23(29-5)25-15-7-8-16-26-24(30-6)28-22-19(3)13-10-14-20(22)4;2*1-7-5-3-2-4-6-7;1-3-5-6-4-2;;;;;;;/h9-14H,7-8,15-18H2,1-6H3;9-14,23-24H,7-8,15-16H2,1-6H3;2*2-6H,1H2;1-2H;1H4;4*1H;;/q;-4;2*-1;;;;;;;+2;+4/p-4. The van der Waals surface area contributed by atoms with Crippen LogP contribution in [0.1, 0.15) is 99.9 Å². The summed E-state index contributed by atoms with van der Waals surface area (Å²) in [6.45, 7) is 28.1.